The summed E-state index contributed by atoms with van der Waals surface area (Å²) in [5.41, 5.74) is 12.6. The third kappa shape index (κ3) is 3.99. The number of hydrogen-bond donors (Lipinski definition) is 0. The molecule has 5 aliphatic carbocycles. The van der Waals surface area contributed by atoms with Gasteiger partial charge in [0.05, 0.1) is 0 Å². The average molecular weight is 630 g/mol. The highest BCUT2D eigenvalue weighted by molar-refractivity contribution is 5.95. The monoisotopic (exact) mass is 629 g/mol. The molecule has 49 heavy (non-hydrogen) atoms. The number of fused-ring (bicyclic) bond motifs is 5. The van der Waals surface area contributed by atoms with E-state index in [-0.39, 0.29) is 5.41 Å². The summed E-state index contributed by atoms with van der Waals surface area (Å²) in [6, 6.07) is 57.1. The van der Waals surface area contributed by atoms with E-state index in [0.29, 0.717) is 0 Å². The molecule has 0 amide bonds. The van der Waals surface area contributed by atoms with Crippen molar-refractivity contribution in [1.29, 1.82) is 0 Å². The van der Waals surface area contributed by atoms with Crippen molar-refractivity contribution < 1.29 is 0 Å². The third-order valence-corrected chi connectivity index (χ3v) is 13.0. The third-order valence-electron chi connectivity index (χ3n) is 13.0. The predicted molar refractivity (Wildman–Crippen MR) is 205 cm³/mol. The fourth-order valence-electron chi connectivity index (χ4n) is 11.3. The van der Waals surface area contributed by atoms with Gasteiger partial charge < -0.3 is 4.90 Å². The number of benzene rings is 7. The molecule has 12 rings (SSSR count). The number of nitrogens with zero attached hydrogens (tertiary/aromatic N) is 1. The standard InChI is InChI=1S/C48H39N/c1-3-10-36-29-41(22-16-33(36)8-1)49(42-23-17-34-9-2-4-11-37(34)30-42)40-20-18-35(19-21-40)43-13-7-15-46-47(43)44-12-5-6-14-45(44)48(46)38-25-31-24-32(27-38)28-39(48)26-31/h1-23,29-32,38-39H,24-28H2. The lowest BCUT2D eigenvalue weighted by atomic mass is 9.43. The maximum atomic E-state index is 2.51. The quantitative estimate of drug-likeness (QED) is 0.187. The molecule has 7 aromatic carbocycles. The van der Waals surface area contributed by atoms with E-state index >= 15 is 0 Å². The Balaban J connectivity index is 1.05. The first-order valence-corrected chi connectivity index (χ1v) is 18.4. The smallest absolute Gasteiger partial charge is 0.0468 e. The second kappa shape index (κ2) is 10.4. The SMILES string of the molecule is c1ccc2c(c1)-c1c(-c3ccc(N(c4ccc5ccccc5c4)c4ccc5ccccc5c4)cc3)cccc1C21C2CC3CC(C2)CC1C3. The Morgan fingerprint density at radius 3 is 1.55 bits per heavy atom. The second-order valence-electron chi connectivity index (χ2n) is 15.4. The van der Waals surface area contributed by atoms with Crippen LogP contribution in [0.4, 0.5) is 17.1 Å². The van der Waals surface area contributed by atoms with E-state index in [1.807, 2.05) is 0 Å². The largest absolute Gasteiger partial charge is 0.310 e. The molecule has 0 saturated heterocycles. The van der Waals surface area contributed by atoms with E-state index < -0.39 is 0 Å². The van der Waals surface area contributed by atoms with E-state index in [2.05, 4.69) is 157 Å². The summed E-state index contributed by atoms with van der Waals surface area (Å²) in [5, 5.41) is 5.02. The van der Waals surface area contributed by atoms with Gasteiger partial charge in [0, 0.05) is 22.5 Å². The molecule has 0 heterocycles. The van der Waals surface area contributed by atoms with Gasteiger partial charge >= 0.3 is 0 Å². The van der Waals surface area contributed by atoms with Crippen LogP contribution in [0, 0.1) is 23.7 Å². The molecule has 4 bridgehead atoms. The minimum Gasteiger partial charge on any atom is -0.310 e. The van der Waals surface area contributed by atoms with E-state index in [1.54, 1.807) is 11.1 Å². The lowest BCUT2D eigenvalue weighted by Gasteiger charge is -2.61. The van der Waals surface area contributed by atoms with Crippen LogP contribution in [0.5, 0.6) is 0 Å². The first-order chi connectivity index (χ1) is 24.2. The molecular formula is C48H39N. The molecule has 236 valence electrons. The van der Waals surface area contributed by atoms with Gasteiger partial charge in [0.25, 0.3) is 0 Å². The van der Waals surface area contributed by atoms with Gasteiger partial charge in [-0.25, -0.2) is 0 Å². The fourth-order valence-corrected chi connectivity index (χ4v) is 11.3. The molecule has 4 saturated carbocycles. The minimum absolute atomic E-state index is 0.193. The van der Waals surface area contributed by atoms with Gasteiger partial charge in [-0.05, 0) is 147 Å². The lowest BCUT2D eigenvalue weighted by Crippen LogP contribution is -2.55. The lowest BCUT2D eigenvalue weighted by molar-refractivity contribution is -0.0399. The Morgan fingerprint density at radius 1 is 0.408 bits per heavy atom. The highest BCUT2D eigenvalue weighted by Crippen LogP contribution is 2.70. The molecule has 1 spiro atoms. The molecule has 0 aliphatic heterocycles. The molecule has 5 aliphatic rings. The van der Waals surface area contributed by atoms with Gasteiger partial charge in [-0.2, -0.15) is 0 Å². The molecular weight excluding hydrogens is 591 g/mol. The molecule has 0 radical (unpaired) electrons. The summed E-state index contributed by atoms with van der Waals surface area (Å²) in [4.78, 5) is 2.41. The van der Waals surface area contributed by atoms with Crippen LogP contribution in [0.2, 0.25) is 0 Å². The molecule has 0 aromatic heterocycles. The van der Waals surface area contributed by atoms with Crippen molar-refractivity contribution in [2.24, 2.45) is 23.7 Å². The summed E-state index contributed by atoms with van der Waals surface area (Å²) in [6.07, 6.45) is 7.15. The molecule has 0 unspecified atom stereocenters. The van der Waals surface area contributed by atoms with Gasteiger partial charge in [-0.1, -0.05) is 115 Å². The zero-order valence-electron chi connectivity index (χ0n) is 27.7. The van der Waals surface area contributed by atoms with Crippen LogP contribution in [0.25, 0.3) is 43.8 Å². The van der Waals surface area contributed by atoms with Gasteiger partial charge in [0.15, 0.2) is 0 Å². The van der Waals surface area contributed by atoms with Crippen LogP contribution in [0.3, 0.4) is 0 Å². The van der Waals surface area contributed by atoms with Crippen molar-refractivity contribution >= 4 is 38.6 Å². The van der Waals surface area contributed by atoms with Crippen LogP contribution in [0.15, 0.2) is 152 Å². The zero-order chi connectivity index (χ0) is 32.1. The molecule has 1 heteroatoms. The van der Waals surface area contributed by atoms with Crippen molar-refractivity contribution in [2.45, 2.75) is 37.5 Å². The molecule has 0 atom stereocenters. The molecule has 4 fully saturated rings. The highest BCUT2D eigenvalue weighted by Gasteiger charge is 2.61. The highest BCUT2D eigenvalue weighted by atomic mass is 15.1. The van der Waals surface area contributed by atoms with Gasteiger partial charge in [-0.15, -0.1) is 0 Å². The normalized spacial score (nSPS) is 24.4. The van der Waals surface area contributed by atoms with Crippen LogP contribution in [-0.4, -0.2) is 0 Å². The van der Waals surface area contributed by atoms with Gasteiger partial charge in [0.2, 0.25) is 0 Å². The average Bonchev–Trinajstić information content (AvgIpc) is 3.45. The van der Waals surface area contributed by atoms with Gasteiger partial charge in [-0.3, -0.25) is 0 Å². The Kier molecular flexibility index (Phi) is 5.91. The number of hydrogen-bond acceptors (Lipinski definition) is 1. The molecule has 1 nitrogen and oxygen atoms in total. The maximum Gasteiger partial charge on any atom is 0.0468 e. The Bertz CT molecular complexity index is 2310. The van der Waals surface area contributed by atoms with Crippen LogP contribution < -0.4 is 4.90 Å². The summed E-state index contributed by atoms with van der Waals surface area (Å²) in [6.45, 7) is 0. The Morgan fingerprint density at radius 2 is 0.918 bits per heavy atom. The zero-order valence-corrected chi connectivity index (χ0v) is 27.7. The second-order valence-corrected chi connectivity index (χ2v) is 15.4. The van der Waals surface area contributed by atoms with Crippen molar-refractivity contribution in [3.63, 3.8) is 0 Å². The predicted octanol–water partition coefficient (Wildman–Crippen LogP) is 12.9. The Hall–Kier alpha value is -5.14. The summed E-state index contributed by atoms with van der Waals surface area (Å²) < 4.78 is 0. The van der Waals surface area contributed by atoms with Crippen molar-refractivity contribution in [1.82, 2.24) is 0 Å². The first-order valence-electron chi connectivity index (χ1n) is 18.4. The fraction of sp³-hybridized carbons (Fsp3) is 0.208. The number of rotatable bonds is 4. The van der Waals surface area contributed by atoms with Crippen molar-refractivity contribution in [3.05, 3.63) is 163 Å². The summed E-state index contributed by atoms with van der Waals surface area (Å²) >= 11 is 0. The van der Waals surface area contributed by atoms with E-state index in [4.69, 9.17) is 0 Å². The summed E-state index contributed by atoms with van der Waals surface area (Å²) in [5.74, 6) is 3.46. The minimum atomic E-state index is 0.193. The number of anilines is 3. The molecule has 0 N–H and O–H groups in total. The van der Waals surface area contributed by atoms with Gasteiger partial charge in [0.1, 0.15) is 0 Å². The van der Waals surface area contributed by atoms with Crippen LogP contribution in [-0.2, 0) is 5.41 Å². The van der Waals surface area contributed by atoms with Crippen LogP contribution >= 0.6 is 0 Å². The van der Waals surface area contributed by atoms with Crippen LogP contribution in [0.1, 0.15) is 43.2 Å². The molecule has 7 aromatic rings. The van der Waals surface area contributed by atoms with E-state index in [1.165, 1.54) is 93.0 Å². The maximum absolute atomic E-state index is 2.51. The van der Waals surface area contributed by atoms with Crippen molar-refractivity contribution in [3.8, 4) is 22.3 Å². The first kappa shape index (κ1) is 27.8. The topological polar surface area (TPSA) is 3.24 Å². The van der Waals surface area contributed by atoms with Crippen molar-refractivity contribution in [2.75, 3.05) is 4.90 Å². The summed E-state index contributed by atoms with van der Waals surface area (Å²) in [7, 11) is 0. The van der Waals surface area contributed by atoms with E-state index in [9.17, 15) is 0 Å². The van der Waals surface area contributed by atoms with E-state index in [0.717, 1.165) is 23.7 Å². The Labute approximate surface area is 288 Å².